The van der Waals surface area contributed by atoms with Crippen LogP contribution in [0.2, 0.25) is 0 Å². The molecule has 1 saturated heterocycles. The first-order valence-corrected chi connectivity index (χ1v) is 10.7. The Hall–Kier alpha value is -3.67. The SMILES string of the molecule is CNC(=O)[C@]1(Cc2ccc(-c3ccccc3OC)cc2)CCN(C(=O)c2ccccn2)C1. The summed E-state index contributed by atoms with van der Waals surface area (Å²) < 4.78 is 5.47. The number of carbonyl (C=O) groups is 2. The van der Waals surface area contributed by atoms with Crippen LogP contribution >= 0.6 is 0 Å². The maximum Gasteiger partial charge on any atom is 0.272 e. The second-order valence-corrected chi connectivity index (χ2v) is 8.13. The Morgan fingerprint density at radius 2 is 1.81 bits per heavy atom. The molecule has 0 radical (unpaired) electrons. The van der Waals surface area contributed by atoms with Crippen LogP contribution in [0.1, 0.15) is 22.5 Å². The highest BCUT2D eigenvalue weighted by atomic mass is 16.5. The molecule has 0 spiro atoms. The molecular formula is C26H27N3O3. The van der Waals surface area contributed by atoms with E-state index in [1.54, 1.807) is 43.5 Å². The van der Waals surface area contributed by atoms with E-state index in [0.29, 0.717) is 31.6 Å². The van der Waals surface area contributed by atoms with Crippen molar-refractivity contribution in [3.8, 4) is 16.9 Å². The molecule has 6 nitrogen and oxygen atoms in total. The lowest BCUT2D eigenvalue weighted by Crippen LogP contribution is -2.44. The summed E-state index contributed by atoms with van der Waals surface area (Å²) in [6.07, 6.45) is 2.78. The Balaban J connectivity index is 1.55. The molecule has 1 aliphatic rings. The van der Waals surface area contributed by atoms with Gasteiger partial charge in [-0.2, -0.15) is 0 Å². The molecule has 0 aliphatic carbocycles. The van der Waals surface area contributed by atoms with Crippen LogP contribution in [0.15, 0.2) is 72.9 Å². The maximum atomic E-state index is 12.9. The summed E-state index contributed by atoms with van der Waals surface area (Å²) in [4.78, 5) is 31.7. The van der Waals surface area contributed by atoms with Crippen LogP contribution in [-0.2, 0) is 11.2 Å². The van der Waals surface area contributed by atoms with Gasteiger partial charge in [-0.05, 0) is 42.2 Å². The lowest BCUT2D eigenvalue weighted by molar-refractivity contribution is -0.129. The quantitative estimate of drug-likeness (QED) is 0.650. The minimum absolute atomic E-state index is 0.0392. The molecule has 6 heteroatoms. The zero-order chi connectivity index (χ0) is 22.6. The summed E-state index contributed by atoms with van der Waals surface area (Å²) in [5.41, 5.74) is 2.88. The summed E-state index contributed by atoms with van der Waals surface area (Å²) >= 11 is 0. The minimum atomic E-state index is -0.662. The van der Waals surface area contributed by atoms with Crippen LogP contribution in [-0.4, -0.2) is 48.9 Å². The van der Waals surface area contributed by atoms with E-state index in [4.69, 9.17) is 4.74 Å². The smallest absolute Gasteiger partial charge is 0.272 e. The van der Waals surface area contributed by atoms with Gasteiger partial charge < -0.3 is 15.0 Å². The molecule has 32 heavy (non-hydrogen) atoms. The van der Waals surface area contributed by atoms with Gasteiger partial charge in [0, 0.05) is 31.9 Å². The average Bonchev–Trinajstić information content (AvgIpc) is 3.29. The lowest BCUT2D eigenvalue weighted by Gasteiger charge is -2.27. The van der Waals surface area contributed by atoms with Crippen molar-refractivity contribution in [3.63, 3.8) is 0 Å². The van der Waals surface area contributed by atoms with E-state index < -0.39 is 5.41 Å². The van der Waals surface area contributed by atoms with Crippen molar-refractivity contribution < 1.29 is 14.3 Å². The summed E-state index contributed by atoms with van der Waals surface area (Å²) in [6.45, 7) is 0.901. The number of benzene rings is 2. The van der Waals surface area contributed by atoms with Crippen molar-refractivity contribution >= 4 is 11.8 Å². The number of hydrogen-bond acceptors (Lipinski definition) is 4. The van der Waals surface area contributed by atoms with Crippen LogP contribution in [0.25, 0.3) is 11.1 Å². The fraction of sp³-hybridized carbons (Fsp3) is 0.269. The fourth-order valence-corrected chi connectivity index (χ4v) is 4.45. The number of likely N-dealkylation sites (tertiary alicyclic amines) is 1. The molecule has 3 aromatic rings. The Labute approximate surface area is 188 Å². The van der Waals surface area contributed by atoms with Crippen molar-refractivity contribution in [1.82, 2.24) is 15.2 Å². The monoisotopic (exact) mass is 429 g/mol. The molecule has 1 N–H and O–H groups in total. The molecule has 164 valence electrons. The number of methoxy groups -OCH3 is 1. The second-order valence-electron chi connectivity index (χ2n) is 8.13. The number of aromatic nitrogens is 1. The molecule has 2 amide bonds. The van der Waals surface area contributed by atoms with Gasteiger partial charge in [-0.3, -0.25) is 14.6 Å². The van der Waals surface area contributed by atoms with E-state index in [-0.39, 0.29) is 11.8 Å². The topological polar surface area (TPSA) is 71.5 Å². The molecule has 0 bridgehead atoms. The van der Waals surface area contributed by atoms with Crippen LogP contribution in [0.3, 0.4) is 0 Å². The standard InChI is InChI=1S/C26H27N3O3/c1-27-25(31)26(14-16-29(18-26)24(30)22-8-5-6-15-28-22)17-19-10-12-20(13-11-19)21-7-3-4-9-23(21)32-2/h3-13,15H,14,16-18H2,1-2H3,(H,27,31)/t26-/m0/s1. The molecule has 1 aromatic heterocycles. The molecule has 4 rings (SSSR count). The number of pyridine rings is 1. The van der Waals surface area contributed by atoms with Gasteiger partial charge >= 0.3 is 0 Å². The van der Waals surface area contributed by atoms with Gasteiger partial charge in [0.1, 0.15) is 11.4 Å². The van der Waals surface area contributed by atoms with Gasteiger partial charge in [0.15, 0.2) is 0 Å². The highest BCUT2D eigenvalue weighted by Gasteiger charge is 2.45. The molecule has 0 unspecified atom stereocenters. The van der Waals surface area contributed by atoms with Crippen molar-refractivity contribution in [2.45, 2.75) is 12.8 Å². The number of amides is 2. The molecule has 2 aromatic carbocycles. The number of hydrogen-bond donors (Lipinski definition) is 1. The molecule has 2 heterocycles. The predicted octanol–water partition coefficient (Wildman–Crippen LogP) is 3.58. The Bertz CT molecular complexity index is 1100. The fourth-order valence-electron chi connectivity index (χ4n) is 4.45. The molecular weight excluding hydrogens is 402 g/mol. The van der Waals surface area contributed by atoms with Gasteiger partial charge in [-0.1, -0.05) is 48.5 Å². The van der Waals surface area contributed by atoms with Crippen molar-refractivity contribution in [2.24, 2.45) is 5.41 Å². The van der Waals surface area contributed by atoms with Crippen LogP contribution in [0.5, 0.6) is 5.75 Å². The third kappa shape index (κ3) is 4.21. The molecule has 1 atom stereocenters. The van der Waals surface area contributed by atoms with E-state index in [1.165, 1.54) is 0 Å². The number of carbonyl (C=O) groups excluding carboxylic acids is 2. The van der Waals surface area contributed by atoms with E-state index in [0.717, 1.165) is 22.4 Å². The lowest BCUT2D eigenvalue weighted by atomic mass is 9.79. The third-order valence-electron chi connectivity index (χ3n) is 6.15. The first-order chi connectivity index (χ1) is 15.6. The Kier molecular flexibility index (Phi) is 6.21. The first kappa shape index (κ1) is 21.6. The normalized spacial score (nSPS) is 17.8. The first-order valence-electron chi connectivity index (χ1n) is 10.7. The van der Waals surface area contributed by atoms with E-state index >= 15 is 0 Å². The molecule has 0 saturated carbocycles. The number of para-hydroxylation sites is 1. The van der Waals surface area contributed by atoms with Gasteiger partial charge in [-0.25, -0.2) is 0 Å². The van der Waals surface area contributed by atoms with Crippen molar-refractivity contribution in [1.29, 1.82) is 0 Å². The maximum absolute atomic E-state index is 12.9. The number of rotatable bonds is 6. The largest absolute Gasteiger partial charge is 0.496 e. The average molecular weight is 430 g/mol. The zero-order valence-electron chi connectivity index (χ0n) is 18.4. The van der Waals surface area contributed by atoms with Gasteiger partial charge in [-0.15, -0.1) is 0 Å². The predicted molar refractivity (Wildman–Crippen MR) is 123 cm³/mol. The van der Waals surface area contributed by atoms with Gasteiger partial charge in [0.2, 0.25) is 5.91 Å². The zero-order valence-corrected chi connectivity index (χ0v) is 18.4. The number of ether oxygens (including phenoxy) is 1. The highest BCUT2D eigenvalue weighted by Crippen LogP contribution is 2.36. The molecule has 1 fully saturated rings. The number of nitrogens with one attached hydrogen (secondary N) is 1. The van der Waals surface area contributed by atoms with Crippen LogP contribution in [0.4, 0.5) is 0 Å². The van der Waals surface area contributed by atoms with Gasteiger partial charge in [0.05, 0.1) is 12.5 Å². The van der Waals surface area contributed by atoms with Gasteiger partial charge in [0.25, 0.3) is 5.91 Å². The van der Waals surface area contributed by atoms with E-state index in [9.17, 15) is 9.59 Å². The van der Waals surface area contributed by atoms with Crippen LogP contribution < -0.4 is 10.1 Å². The summed E-state index contributed by atoms with van der Waals surface area (Å²) in [7, 11) is 3.32. The second kappa shape index (κ2) is 9.22. The summed E-state index contributed by atoms with van der Waals surface area (Å²) in [5.74, 6) is 0.645. The molecule has 1 aliphatic heterocycles. The van der Waals surface area contributed by atoms with Crippen molar-refractivity contribution in [2.75, 3.05) is 27.2 Å². The Morgan fingerprint density at radius 3 is 2.50 bits per heavy atom. The minimum Gasteiger partial charge on any atom is -0.496 e. The summed E-state index contributed by atoms with van der Waals surface area (Å²) in [5, 5.41) is 2.81. The van der Waals surface area contributed by atoms with Crippen LogP contribution in [0, 0.1) is 5.41 Å². The van der Waals surface area contributed by atoms with E-state index in [1.807, 2.05) is 24.3 Å². The van der Waals surface area contributed by atoms with Crippen molar-refractivity contribution in [3.05, 3.63) is 84.2 Å². The highest BCUT2D eigenvalue weighted by molar-refractivity contribution is 5.93. The summed E-state index contributed by atoms with van der Waals surface area (Å²) in [6, 6.07) is 21.4. The number of nitrogens with zero attached hydrogens (tertiary/aromatic N) is 2. The Morgan fingerprint density at radius 1 is 1.06 bits per heavy atom. The third-order valence-corrected chi connectivity index (χ3v) is 6.15. The van der Waals surface area contributed by atoms with E-state index in [2.05, 4.69) is 34.6 Å².